The number of hydrogen-bond donors (Lipinski definition) is 1. The van der Waals surface area contributed by atoms with Crippen molar-refractivity contribution in [2.75, 3.05) is 6.61 Å². The lowest BCUT2D eigenvalue weighted by atomic mass is 9.86. The molecule has 0 aromatic heterocycles. The van der Waals surface area contributed by atoms with Gasteiger partial charge in [-0.05, 0) is 16.5 Å². The fraction of sp³-hybridized carbons (Fsp3) is 0.571. The Balaban J connectivity index is 2.21. The first-order chi connectivity index (χ1) is 7.78. The molecule has 1 aromatic rings. The summed E-state index contributed by atoms with van der Waals surface area (Å²) in [4.78, 5) is 0. The molecule has 0 radical (unpaired) electrons. The van der Waals surface area contributed by atoms with Crippen molar-refractivity contribution in [3.63, 3.8) is 0 Å². The molecule has 2 unspecified atom stereocenters. The van der Waals surface area contributed by atoms with Crippen LogP contribution in [-0.2, 0) is 5.41 Å². The maximum absolute atomic E-state index is 13.3. The Morgan fingerprint density at radius 1 is 1.18 bits per heavy atom. The Labute approximate surface area is 100 Å². The number of aliphatic hydroxyl groups excluding tert-OH is 1. The SMILES string of the molecule is CC(C)(C)c1ccc(C2C(CO)C2(F)F)cc1. The third kappa shape index (κ3) is 2.08. The quantitative estimate of drug-likeness (QED) is 0.840. The highest BCUT2D eigenvalue weighted by Crippen LogP contribution is 2.61. The van der Waals surface area contributed by atoms with Gasteiger partial charge in [0.1, 0.15) is 0 Å². The minimum Gasteiger partial charge on any atom is -0.396 e. The van der Waals surface area contributed by atoms with E-state index in [2.05, 4.69) is 20.8 Å². The minimum atomic E-state index is -2.74. The van der Waals surface area contributed by atoms with E-state index in [1.54, 1.807) is 12.1 Å². The summed E-state index contributed by atoms with van der Waals surface area (Å²) in [6.45, 7) is 5.82. The molecular weight excluding hydrogens is 222 g/mol. The highest BCUT2D eigenvalue weighted by Gasteiger charge is 2.68. The molecule has 2 rings (SSSR count). The van der Waals surface area contributed by atoms with Gasteiger partial charge in [0.15, 0.2) is 0 Å². The summed E-state index contributed by atoms with van der Waals surface area (Å²) in [7, 11) is 0. The molecular formula is C14H18F2O. The van der Waals surface area contributed by atoms with Gasteiger partial charge in [0, 0.05) is 0 Å². The second-order valence-electron chi connectivity index (χ2n) is 5.81. The van der Waals surface area contributed by atoms with Gasteiger partial charge in [-0.2, -0.15) is 0 Å². The molecule has 1 N–H and O–H groups in total. The summed E-state index contributed by atoms with van der Waals surface area (Å²) >= 11 is 0. The van der Waals surface area contributed by atoms with E-state index >= 15 is 0 Å². The Bertz CT molecular complexity index is 403. The Kier molecular flexibility index (Phi) is 2.77. The normalized spacial score (nSPS) is 26.9. The van der Waals surface area contributed by atoms with E-state index in [0.29, 0.717) is 5.56 Å². The van der Waals surface area contributed by atoms with Crippen LogP contribution in [0.3, 0.4) is 0 Å². The highest BCUT2D eigenvalue weighted by atomic mass is 19.3. The van der Waals surface area contributed by atoms with Gasteiger partial charge in [0.2, 0.25) is 0 Å². The van der Waals surface area contributed by atoms with Gasteiger partial charge in [0.05, 0.1) is 18.4 Å². The van der Waals surface area contributed by atoms with E-state index < -0.39 is 24.4 Å². The standard InChI is InChI=1S/C14H18F2O/c1-13(2,3)10-6-4-9(5-7-10)12-11(8-17)14(12,15)16/h4-7,11-12,17H,8H2,1-3H3. The lowest BCUT2D eigenvalue weighted by Crippen LogP contribution is -2.10. The first-order valence-corrected chi connectivity index (χ1v) is 5.87. The van der Waals surface area contributed by atoms with Crippen LogP contribution in [0.2, 0.25) is 0 Å². The second kappa shape index (κ2) is 3.77. The number of alkyl halides is 2. The first-order valence-electron chi connectivity index (χ1n) is 5.87. The van der Waals surface area contributed by atoms with Crippen LogP contribution in [0.5, 0.6) is 0 Å². The second-order valence-corrected chi connectivity index (χ2v) is 5.81. The molecule has 0 spiro atoms. The minimum absolute atomic E-state index is 0.0287. The third-order valence-electron chi connectivity index (χ3n) is 3.53. The fourth-order valence-corrected chi connectivity index (χ4v) is 2.26. The van der Waals surface area contributed by atoms with Gasteiger partial charge in [-0.1, -0.05) is 45.0 Å². The smallest absolute Gasteiger partial charge is 0.261 e. The summed E-state index contributed by atoms with van der Waals surface area (Å²) in [5.74, 6) is -4.44. The largest absolute Gasteiger partial charge is 0.396 e. The van der Waals surface area contributed by atoms with E-state index in [-0.39, 0.29) is 5.41 Å². The predicted molar refractivity (Wildman–Crippen MR) is 63.4 cm³/mol. The third-order valence-corrected chi connectivity index (χ3v) is 3.53. The van der Waals surface area contributed by atoms with Crippen molar-refractivity contribution in [2.24, 2.45) is 5.92 Å². The molecule has 2 atom stereocenters. The average molecular weight is 240 g/mol. The lowest BCUT2D eigenvalue weighted by molar-refractivity contribution is 0.0785. The fourth-order valence-electron chi connectivity index (χ4n) is 2.26. The van der Waals surface area contributed by atoms with Gasteiger partial charge < -0.3 is 5.11 Å². The zero-order valence-corrected chi connectivity index (χ0v) is 10.4. The van der Waals surface area contributed by atoms with E-state index in [1.807, 2.05) is 12.1 Å². The molecule has 1 aromatic carbocycles. The average Bonchev–Trinajstić information content (AvgIpc) is 2.79. The number of rotatable bonds is 2. The molecule has 1 nitrogen and oxygen atoms in total. The van der Waals surface area contributed by atoms with Crippen LogP contribution >= 0.6 is 0 Å². The van der Waals surface area contributed by atoms with Crippen LogP contribution in [0.1, 0.15) is 37.8 Å². The maximum atomic E-state index is 13.3. The zero-order chi connectivity index (χ0) is 12.8. The molecule has 0 aliphatic heterocycles. The van der Waals surface area contributed by atoms with Gasteiger partial charge in [0.25, 0.3) is 5.92 Å². The van der Waals surface area contributed by atoms with Crippen molar-refractivity contribution in [3.05, 3.63) is 35.4 Å². The van der Waals surface area contributed by atoms with Crippen LogP contribution in [0.15, 0.2) is 24.3 Å². The Morgan fingerprint density at radius 2 is 1.71 bits per heavy atom. The predicted octanol–water partition coefficient (Wildman–Crippen LogP) is 3.33. The molecule has 0 bridgehead atoms. The van der Waals surface area contributed by atoms with Crippen LogP contribution in [0.25, 0.3) is 0 Å². The van der Waals surface area contributed by atoms with E-state index in [1.165, 1.54) is 0 Å². The topological polar surface area (TPSA) is 20.2 Å². The Hall–Kier alpha value is -0.960. The molecule has 0 amide bonds. The van der Waals surface area contributed by atoms with Crippen molar-refractivity contribution >= 4 is 0 Å². The number of hydrogen-bond acceptors (Lipinski definition) is 1. The van der Waals surface area contributed by atoms with Crippen LogP contribution < -0.4 is 0 Å². The first kappa shape index (κ1) is 12.5. The molecule has 1 aliphatic carbocycles. The van der Waals surface area contributed by atoms with Crippen molar-refractivity contribution in [3.8, 4) is 0 Å². The Morgan fingerprint density at radius 3 is 2.06 bits per heavy atom. The maximum Gasteiger partial charge on any atom is 0.261 e. The van der Waals surface area contributed by atoms with E-state index in [4.69, 9.17) is 5.11 Å². The summed E-state index contributed by atoms with van der Waals surface area (Å²) in [5.41, 5.74) is 1.79. The molecule has 1 saturated carbocycles. The van der Waals surface area contributed by atoms with Gasteiger partial charge in [-0.3, -0.25) is 0 Å². The summed E-state index contributed by atoms with van der Waals surface area (Å²) in [6, 6.07) is 7.32. The molecule has 3 heteroatoms. The zero-order valence-electron chi connectivity index (χ0n) is 10.4. The van der Waals surface area contributed by atoms with Gasteiger partial charge >= 0.3 is 0 Å². The van der Waals surface area contributed by atoms with Gasteiger partial charge in [-0.25, -0.2) is 8.78 Å². The summed E-state index contributed by atoms with van der Waals surface area (Å²) in [6.07, 6.45) is 0. The molecule has 1 aliphatic rings. The van der Waals surface area contributed by atoms with E-state index in [9.17, 15) is 8.78 Å². The number of halogens is 2. The van der Waals surface area contributed by atoms with Crippen LogP contribution in [0.4, 0.5) is 8.78 Å². The van der Waals surface area contributed by atoms with Crippen molar-refractivity contribution in [1.82, 2.24) is 0 Å². The van der Waals surface area contributed by atoms with E-state index in [0.717, 1.165) is 5.56 Å². The van der Waals surface area contributed by atoms with Crippen molar-refractivity contribution in [1.29, 1.82) is 0 Å². The van der Waals surface area contributed by atoms with Crippen LogP contribution in [-0.4, -0.2) is 17.6 Å². The monoisotopic (exact) mass is 240 g/mol. The van der Waals surface area contributed by atoms with Crippen LogP contribution in [0, 0.1) is 5.92 Å². The van der Waals surface area contributed by atoms with Gasteiger partial charge in [-0.15, -0.1) is 0 Å². The molecule has 0 heterocycles. The van der Waals surface area contributed by atoms with Crippen molar-refractivity contribution < 1.29 is 13.9 Å². The molecule has 0 saturated heterocycles. The van der Waals surface area contributed by atoms with Crippen molar-refractivity contribution in [2.45, 2.75) is 38.0 Å². The summed E-state index contributed by atoms with van der Waals surface area (Å²) < 4.78 is 26.6. The molecule has 17 heavy (non-hydrogen) atoms. The summed E-state index contributed by atoms with van der Waals surface area (Å²) in [5, 5.41) is 8.88. The number of benzene rings is 1. The molecule has 1 fully saturated rings. The highest BCUT2D eigenvalue weighted by molar-refractivity contribution is 5.36. The number of aliphatic hydroxyl groups is 1. The molecule has 94 valence electrons. The lowest BCUT2D eigenvalue weighted by Gasteiger charge is -2.19.